The fourth-order valence-electron chi connectivity index (χ4n) is 9.96. The van der Waals surface area contributed by atoms with Crippen LogP contribution in [-0.2, 0) is 28.6 Å². The molecule has 0 aliphatic rings. The van der Waals surface area contributed by atoms with E-state index >= 15 is 0 Å². The smallest absolute Gasteiger partial charge is 0.306 e. The van der Waals surface area contributed by atoms with Crippen LogP contribution >= 0.6 is 0 Å². The minimum atomic E-state index is -0.771. The maximum Gasteiger partial charge on any atom is 0.306 e. The third kappa shape index (κ3) is 63.8. The Labute approximate surface area is 479 Å². The van der Waals surface area contributed by atoms with Crippen molar-refractivity contribution in [1.82, 2.24) is 0 Å². The SMILES string of the molecule is CC/C=C\C/C=C\C/C=C\C/C=C\CCCCCCCCCCCCCCCCCCCCC(=O)OCC(COC(=O)CCCCCCCCCCC)OC(=O)CCCCCCCCCCC/C=C\CCCCCCCC. The van der Waals surface area contributed by atoms with Gasteiger partial charge in [0.15, 0.2) is 6.10 Å². The molecule has 0 aromatic carbocycles. The molecule has 1 unspecified atom stereocenters. The zero-order chi connectivity index (χ0) is 55.7. The molecule has 0 heterocycles. The van der Waals surface area contributed by atoms with E-state index in [4.69, 9.17) is 14.2 Å². The lowest BCUT2D eigenvalue weighted by atomic mass is 10.0. The predicted octanol–water partition coefficient (Wildman–Crippen LogP) is 23.1. The zero-order valence-corrected chi connectivity index (χ0v) is 51.5. The molecule has 0 N–H and O–H groups in total. The minimum absolute atomic E-state index is 0.0694. The Morgan fingerprint density at radius 1 is 0.273 bits per heavy atom. The number of hydrogen-bond acceptors (Lipinski definition) is 6. The van der Waals surface area contributed by atoms with Crippen molar-refractivity contribution in [3.63, 3.8) is 0 Å². The largest absolute Gasteiger partial charge is 0.462 e. The molecule has 0 aliphatic carbocycles. The molecular weight excluding hydrogens is 949 g/mol. The van der Waals surface area contributed by atoms with Gasteiger partial charge in [-0.05, 0) is 83.5 Å². The first kappa shape index (κ1) is 74.1. The Morgan fingerprint density at radius 2 is 0.506 bits per heavy atom. The molecule has 0 amide bonds. The van der Waals surface area contributed by atoms with Gasteiger partial charge in [0.05, 0.1) is 0 Å². The topological polar surface area (TPSA) is 78.9 Å². The quantitative estimate of drug-likeness (QED) is 0.0261. The number of allylic oxidation sites excluding steroid dienone is 10. The van der Waals surface area contributed by atoms with Crippen molar-refractivity contribution in [2.75, 3.05) is 13.2 Å². The number of carbonyl (C=O) groups excluding carboxylic acids is 3. The van der Waals surface area contributed by atoms with Crippen LogP contribution in [0, 0.1) is 0 Å². The Bertz CT molecular complexity index is 1380. The molecule has 448 valence electrons. The van der Waals surface area contributed by atoms with Crippen molar-refractivity contribution in [1.29, 1.82) is 0 Å². The highest BCUT2D eigenvalue weighted by molar-refractivity contribution is 5.71. The zero-order valence-electron chi connectivity index (χ0n) is 51.5. The molecule has 0 saturated carbocycles. The Kier molecular flexibility index (Phi) is 63.2. The molecule has 0 aromatic heterocycles. The summed E-state index contributed by atoms with van der Waals surface area (Å²) < 4.78 is 16.9. The van der Waals surface area contributed by atoms with Crippen LogP contribution in [0.1, 0.15) is 355 Å². The Morgan fingerprint density at radius 3 is 0.805 bits per heavy atom. The molecule has 6 heteroatoms. The Hall–Kier alpha value is -2.89. The first-order chi connectivity index (χ1) is 38.0. The molecular formula is C71H128O6. The lowest BCUT2D eigenvalue weighted by molar-refractivity contribution is -0.167. The summed E-state index contributed by atoms with van der Waals surface area (Å²) >= 11 is 0. The van der Waals surface area contributed by atoms with Crippen molar-refractivity contribution in [2.45, 2.75) is 361 Å². The van der Waals surface area contributed by atoms with Crippen molar-refractivity contribution < 1.29 is 28.6 Å². The fraction of sp³-hybridized carbons (Fsp3) is 0.817. The number of unbranched alkanes of at least 4 members (excludes halogenated alkanes) is 41. The highest BCUT2D eigenvalue weighted by Crippen LogP contribution is 2.18. The number of rotatable bonds is 62. The standard InChI is InChI=1S/C71H128O6/c1-4-7-10-13-16-19-21-23-25-27-29-30-31-32-33-34-35-36-37-38-39-40-42-43-45-47-49-52-55-58-61-64-70(73)76-67-68(66-75-69(72)63-60-57-54-51-18-15-12-9-6-3)77-71(74)65-62-59-56-53-50-48-46-44-41-28-26-24-22-20-17-14-11-8-5-2/h7,10,16,19,23-26,29-30,68H,4-6,8-9,11-15,17-18,20-22,27-28,31-67H2,1-3H3/b10-7-,19-16-,25-23-,26-24-,30-29-. The van der Waals surface area contributed by atoms with Crippen LogP contribution in [0.15, 0.2) is 60.8 Å². The van der Waals surface area contributed by atoms with Gasteiger partial charge in [-0.3, -0.25) is 14.4 Å². The van der Waals surface area contributed by atoms with Gasteiger partial charge in [0.2, 0.25) is 0 Å². The summed E-state index contributed by atoms with van der Waals surface area (Å²) in [5.74, 6) is -0.853. The lowest BCUT2D eigenvalue weighted by Gasteiger charge is -2.18. The molecule has 0 fully saturated rings. The summed E-state index contributed by atoms with van der Waals surface area (Å²) in [4.78, 5) is 38.2. The molecule has 1 atom stereocenters. The van der Waals surface area contributed by atoms with Gasteiger partial charge in [-0.2, -0.15) is 0 Å². The van der Waals surface area contributed by atoms with Crippen molar-refractivity contribution in [2.24, 2.45) is 0 Å². The van der Waals surface area contributed by atoms with Crippen LogP contribution in [0.2, 0.25) is 0 Å². The van der Waals surface area contributed by atoms with E-state index in [1.54, 1.807) is 0 Å². The molecule has 0 rings (SSSR count). The van der Waals surface area contributed by atoms with Crippen molar-refractivity contribution in [3.05, 3.63) is 60.8 Å². The summed E-state index contributed by atoms with van der Waals surface area (Å²) in [5, 5.41) is 0. The maximum atomic E-state index is 12.9. The van der Waals surface area contributed by atoms with E-state index < -0.39 is 6.10 Å². The first-order valence-corrected chi connectivity index (χ1v) is 33.8. The van der Waals surface area contributed by atoms with Gasteiger partial charge in [-0.25, -0.2) is 0 Å². The molecule has 0 aliphatic heterocycles. The van der Waals surface area contributed by atoms with E-state index in [0.717, 1.165) is 83.5 Å². The second-order valence-corrected chi connectivity index (χ2v) is 22.7. The normalized spacial score (nSPS) is 12.4. The van der Waals surface area contributed by atoms with Gasteiger partial charge in [-0.15, -0.1) is 0 Å². The summed E-state index contributed by atoms with van der Waals surface area (Å²) in [5.41, 5.74) is 0. The van der Waals surface area contributed by atoms with Crippen LogP contribution in [-0.4, -0.2) is 37.2 Å². The average Bonchev–Trinajstić information content (AvgIpc) is 3.43. The maximum absolute atomic E-state index is 12.9. The van der Waals surface area contributed by atoms with E-state index in [1.165, 1.54) is 231 Å². The van der Waals surface area contributed by atoms with E-state index in [-0.39, 0.29) is 31.1 Å². The van der Waals surface area contributed by atoms with Crippen LogP contribution in [0.3, 0.4) is 0 Å². The third-order valence-corrected chi connectivity index (χ3v) is 15.0. The van der Waals surface area contributed by atoms with Gasteiger partial charge in [0, 0.05) is 19.3 Å². The first-order valence-electron chi connectivity index (χ1n) is 33.8. The molecule has 0 radical (unpaired) electrons. The average molecular weight is 1080 g/mol. The summed E-state index contributed by atoms with van der Waals surface area (Å²) in [6, 6.07) is 0. The predicted molar refractivity (Wildman–Crippen MR) is 335 cm³/mol. The van der Waals surface area contributed by atoms with Gasteiger partial charge in [-0.1, -0.05) is 313 Å². The highest BCUT2D eigenvalue weighted by Gasteiger charge is 2.19. The monoisotopic (exact) mass is 1080 g/mol. The number of hydrogen-bond donors (Lipinski definition) is 0. The van der Waals surface area contributed by atoms with Gasteiger partial charge in [0.1, 0.15) is 13.2 Å². The molecule has 0 bridgehead atoms. The van der Waals surface area contributed by atoms with Crippen LogP contribution in [0.25, 0.3) is 0 Å². The van der Waals surface area contributed by atoms with E-state index in [2.05, 4.69) is 81.5 Å². The van der Waals surface area contributed by atoms with Gasteiger partial charge >= 0.3 is 17.9 Å². The summed E-state index contributed by atoms with van der Waals surface area (Å²) in [7, 11) is 0. The second-order valence-electron chi connectivity index (χ2n) is 22.7. The van der Waals surface area contributed by atoms with Gasteiger partial charge < -0.3 is 14.2 Å². The van der Waals surface area contributed by atoms with Crippen LogP contribution < -0.4 is 0 Å². The molecule has 6 nitrogen and oxygen atoms in total. The highest BCUT2D eigenvalue weighted by atomic mass is 16.6. The van der Waals surface area contributed by atoms with E-state index in [9.17, 15) is 14.4 Å². The van der Waals surface area contributed by atoms with Crippen LogP contribution in [0.4, 0.5) is 0 Å². The van der Waals surface area contributed by atoms with E-state index in [1.807, 2.05) is 0 Å². The fourth-order valence-corrected chi connectivity index (χ4v) is 9.96. The van der Waals surface area contributed by atoms with Crippen LogP contribution in [0.5, 0.6) is 0 Å². The minimum Gasteiger partial charge on any atom is -0.462 e. The van der Waals surface area contributed by atoms with E-state index in [0.29, 0.717) is 19.3 Å². The lowest BCUT2D eigenvalue weighted by Crippen LogP contribution is -2.30. The molecule has 77 heavy (non-hydrogen) atoms. The number of ether oxygens (including phenoxy) is 3. The van der Waals surface area contributed by atoms with Crippen molar-refractivity contribution in [3.8, 4) is 0 Å². The second kappa shape index (κ2) is 65.6. The third-order valence-electron chi connectivity index (χ3n) is 15.0. The Balaban J connectivity index is 4.09. The van der Waals surface area contributed by atoms with Gasteiger partial charge in [0.25, 0.3) is 0 Å². The summed E-state index contributed by atoms with van der Waals surface area (Å²) in [6.07, 6.45) is 84.0. The molecule has 0 aromatic rings. The molecule has 0 spiro atoms. The number of carbonyl (C=O) groups is 3. The van der Waals surface area contributed by atoms with Crippen molar-refractivity contribution >= 4 is 17.9 Å². The number of esters is 3. The summed E-state index contributed by atoms with van der Waals surface area (Å²) in [6.45, 7) is 6.55. The molecule has 0 saturated heterocycles.